The molecule has 1 aliphatic rings. The molecular formula is C18H17N7O2S2. The molecule has 0 N–H and O–H groups in total. The van der Waals surface area contributed by atoms with Gasteiger partial charge in [-0.3, -0.25) is 4.98 Å². The maximum absolute atomic E-state index is 12.8. The molecular weight excluding hydrogens is 410 g/mol. The van der Waals surface area contributed by atoms with Crippen LogP contribution in [0.5, 0.6) is 0 Å². The molecule has 0 saturated carbocycles. The average Bonchev–Trinajstić information content (AvgIpc) is 3.43. The monoisotopic (exact) mass is 427 g/mol. The van der Waals surface area contributed by atoms with Crippen molar-refractivity contribution in [1.82, 2.24) is 29.1 Å². The molecule has 11 heteroatoms. The Morgan fingerprint density at radius 2 is 1.86 bits per heavy atom. The Kier molecular flexibility index (Phi) is 4.49. The molecule has 0 aromatic carbocycles. The predicted octanol–water partition coefficient (Wildman–Crippen LogP) is 1.76. The van der Waals surface area contributed by atoms with Gasteiger partial charge in [0.25, 0.3) is 0 Å². The molecule has 1 fully saturated rings. The second-order valence-corrected chi connectivity index (χ2v) is 9.29. The summed E-state index contributed by atoms with van der Waals surface area (Å²) in [5.74, 6) is 1.47. The number of hydrogen-bond acceptors (Lipinski definition) is 8. The molecule has 148 valence electrons. The molecule has 1 aliphatic heterocycles. The van der Waals surface area contributed by atoms with Gasteiger partial charge in [0.15, 0.2) is 11.5 Å². The van der Waals surface area contributed by atoms with Gasteiger partial charge < -0.3 is 4.90 Å². The molecule has 0 amide bonds. The molecule has 4 aromatic rings. The molecule has 0 spiro atoms. The number of piperazine rings is 1. The second kappa shape index (κ2) is 7.17. The number of anilines is 1. The van der Waals surface area contributed by atoms with Crippen molar-refractivity contribution in [1.29, 1.82) is 0 Å². The zero-order chi connectivity index (χ0) is 19.8. The summed E-state index contributed by atoms with van der Waals surface area (Å²) in [6.07, 6.45) is 2.95. The normalized spacial score (nSPS) is 15.8. The van der Waals surface area contributed by atoms with Crippen LogP contribution in [0.3, 0.4) is 0 Å². The third kappa shape index (κ3) is 3.26. The fraction of sp³-hybridized carbons (Fsp3) is 0.222. The van der Waals surface area contributed by atoms with Gasteiger partial charge in [-0.05, 0) is 35.7 Å². The van der Waals surface area contributed by atoms with Crippen molar-refractivity contribution in [2.75, 3.05) is 31.1 Å². The maximum atomic E-state index is 12.8. The molecule has 9 nitrogen and oxygen atoms in total. The number of hydrogen-bond donors (Lipinski definition) is 0. The van der Waals surface area contributed by atoms with Gasteiger partial charge in [0, 0.05) is 49.5 Å². The van der Waals surface area contributed by atoms with Crippen molar-refractivity contribution in [3.63, 3.8) is 0 Å². The molecule has 5 rings (SSSR count). The van der Waals surface area contributed by atoms with Crippen LogP contribution in [-0.2, 0) is 10.0 Å². The first-order valence-electron chi connectivity index (χ1n) is 9.03. The van der Waals surface area contributed by atoms with Crippen molar-refractivity contribution >= 4 is 32.8 Å². The second-order valence-electron chi connectivity index (χ2n) is 6.58. The topological polar surface area (TPSA) is 96.6 Å². The Morgan fingerprint density at radius 1 is 1.00 bits per heavy atom. The third-order valence-corrected chi connectivity index (χ3v) is 7.43. The first-order chi connectivity index (χ1) is 14.1. The van der Waals surface area contributed by atoms with Crippen LogP contribution in [0.25, 0.3) is 17.0 Å². The minimum absolute atomic E-state index is 0.220. The molecule has 29 heavy (non-hydrogen) atoms. The van der Waals surface area contributed by atoms with Gasteiger partial charge >= 0.3 is 0 Å². The van der Waals surface area contributed by atoms with E-state index in [4.69, 9.17) is 5.10 Å². The minimum atomic E-state index is -3.53. The zero-order valence-corrected chi connectivity index (χ0v) is 16.9. The van der Waals surface area contributed by atoms with Crippen LogP contribution in [0.1, 0.15) is 0 Å². The van der Waals surface area contributed by atoms with Crippen LogP contribution >= 0.6 is 11.3 Å². The van der Waals surface area contributed by atoms with E-state index in [1.54, 1.807) is 34.2 Å². The predicted molar refractivity (Wildman–Crippen MR) is 109 cm³/mol. The fourth-order valence-corrected chi connectivity index (χ4v) is 5.35. The SMILES string of the molecule is O=S(=O)(c1cccnc1)N1CCN(c2ccc3nnc(-c4ccsc4)n3n2)CC1. The van der Waals surface area contributed by atoms with Crippen LogP contribution < -0.4 is 4.90 Å². The largest absolute Gasteiger partial charge is 0.353 e. The highest BCUT2D eigenvalue weighted by molar-refractivity contribution is 7.89. The highest BCUT2D eigenvalue weighted by Crippen LogP contribution is 2.23. The van der Waals surface area contributed by atoms with Crippen LogP contribution in [-0.4, -0.2) is 63.7 Å². The van der Waals surface area contributed by atoms with E-state index in [0.29, 0.717) is 37.7 Å². The lowest BCUT2D eigenvalue weighted by Crippen LogP contribution is -2.49. The van der Waals surface area contributed by atoms with E-state index in [2.05, 4.69) is 20.1 Å². The van der Waals surface area contributed by atoms with Gasteiger partial charge in [-0.2, -0.15) is 20.2 Å². The fourth-order valence-electron chi connectivity index (χ4n) is 3.33. The van der Waals surface area contributed by atoms with E-state index in [-0.39, 0.29) is 4.90 Å². The van der Waals surface area contributed by atoms with Crippen molar-refractivity contribution < 1.29 is 8.42 Å². The lowest BCUT2D eigenvalue weighted by atomic mass is 10.3. The van der Waals surface area contributed by atoms with Crippen LogP contribution in [0, 0.1) is 0 Å². The van der Waals surface area contributed by atoms with E-state index < -0.39 is 10.0 Å². The van der Waals surface area contributed by atoms with Crippen molar-refractivity contribution in [3.05, 3.63) is 53.5 Å². The molecule has 1 saturated heterocycles. The summed E-state index contributed by atoms with van der Waals surface area (Å²) in [7, 11) is -3.53. The summed E-state index contributed by atoms with van der Waals surface area (Å²) in [5.41, 5.74) is 1.65. The third-order valence-electron chi connectivity index (χ3n) is 4.86. The van der Waals surface area contributed by atoms with Crippen molar-refractivity contribution in [3.8, 4) is 11.4 Å². The standard InChI is InChI=1S/C18H17N7O2S2/c26-29(27,15-2-1-6-19-12-15)24-9-7-23(8-10-24)17-4-3-16-20-21-18(25(16)22-17)14-5-11-28-13-14/h1-6,11-13H,7-10H2. The van der Waals surface area contributed by atoms with E-state index in [0.717, 1.165) is 11.4 Å². The summed E-state index contributed by atoms with van der Waals surface area (Å²) < 4.78 is 28.8. The molecule has 0 bridgehead atoms. The van der Waals surface area contributed by atoms with Crippen LogP contribution in [0.4, 0.5) is 5.82 Å². The Balaban J connectivity index is 1.37. The quantitative estimate of drug-likeness (QED) is 0.490. The number of aromatic nitrogens is 5. The van der Waals surface area contributed by atoms with Gasteiger partial charge in [0.1, 0.15) is 10.7 Å². The van der Waals surface area contributed by atoms with E-state index >= 15 is 0 Å². The zero-order valence-electron chi connectivity index (χ0n) is 15.3. The van der Waals surface area contributed by atoms with Gasteiger partial charge in [-0.15, -0.1) is 15.3 Å². The number of thiophene rings is 1. The minimum Gasteiger partial charge on any atom is -0.353 e. The number of fused-ring (bicyclic) bond motifs is 1. The summed E-state index contributed by atoms with van der Waals surface area (Å²) in [4.78, 5) is 6.22. The summed E-state index contributed by atoms with van der Waals surface area (Å²) >= 11 is 1.59. The smallest absolute Gasteiger partial charge is 0.244 e. The maximum Gasteiger partial charge on any atom is 0.244 e. The Morgan fingerprint density at radius 3 is 2.59 bits per heavy atom. The van der Waals surface area contributed by atoms with Gasteiger partial charge in [-0.1, -0.05) is 0 Å². The first-order valence-corrected chi connectivity index (χ1v) is 11.4. The van der Waals surface area contributed by atoms with Gasteiger partial charge in [0.05, 0.1) is 0 Å². The molecule has 0 unspecified atom stereocenters. The van der Waals surface area contributed by atoms with Crippen molar-refractivity contribution in [2.24, 2.45) is 0 Å². The van der Waals surface area contributed by atoms with Gasteiger partial charge in [0.2, 0.25) is 10.0 Å². The first kappa shape index (κ1) is 18.2. The van der Waals surface area contributed by atoms with E-state index in [1.165, 1.54) is 10.5 Å². The van der Waals surface area contributed by atoms with Crippen molar-refractivity contribution in [2.45, 2.75) is 4.90 Å². The average molecular weight is 428 g/mol. The molecule has 5 heterocycles. The Labute approximate surface area is 171 Å². The molecule has 0 radical (unpaired) electrons. The highest BCUT2D eigenvalue weighted by Gasteiger charge is 2.29. The van der Waals surface area contributed by atoms with Gasteiger partial charge in [-0.25, -0.2) is 8.42 Å². The van der Waals surface area contributed by atoms with Crippen LogP contribution in [0.2, 0.25) is 0 Å². The molecule has 0 atom stereocenters. The summed E-state index contributed by atoms with van der Waals surface area (Å²) in [5, 5.41) is 17.1. The molecule has 4 aromatic heterocycles. The number of pyridine rings is 1. The number of rotatable bonds is 4. The lowest BCUT2D eigenvalue weighted by molar-refractivity contribution is 0.383. The Hall–Kier alpha value is -2.89. The lowest BCUT2D eigenvalue weighted by Gasteiger charge is -2.34. The van der Waals surface area contributed by atoms with E-state index in [9.17, 15) is 8.42 Å². The number of nitrogens with zero attached hydrogens (tertiary/aromatic N) is 7. The summed E-state index contributed by atoms with van der Waals surface area (Å²) in [6.45, 7) is 1.87. The van der Waals surface area contributed by atoms with Crippen LogP contribution in [0.15, 0.2) is 58.4 Å². The van der Waals surface area contributed by atoms with E-state index in [1.807, 2.05) is 29.0 Å². The number of sulfonamides is 1. The summed E-state index contributed by atoms with van der Waals surface area (Å²) in [6, 6.07) is 8.96. The Bertz CT molecular complexity index is 1230. The highest BCUT2D eigenvalue weighted by atomic mass is 32.2. The molecule has 0 aliphatic carbocycles.